The first-order valence-corrected chi connectivity index (χ1v) is 9.08. The van der Waals surface area contributed by atoms with E-state index in [1.165, 1.54) is 4.90 Å². The molecule has 0 aromatic heterocycles. The number of nitrogens with one attached hydrogen (secondary N) is 1. The van der Waals surface area contributed by atoms with Gasteiger partial charge >= 0.3 is 0 Å². The molecule has 0 bridgehead atoms. The van der Waals surface area contributed by atoms with Crippen molar-refractivity contribution >= 4 is 23.4 Å². The highest BCUT2D eigenvalue weighted by Gasteiger charge is 2.28. The number of benzene rings is 2. The second-order valence-corrected chi connectivity index (χ2v) is 6.97. The van der Waals surface area contributed by atoms with Crippen LogP contribution in [0.3, 0.4) is 0 Å². The van der Waals surface area contributed by atoms with Gasteiger partial charge in [-0.15, -0.1) is 0 Å². The van der Waals surface area contributed by atoms with Crippen molar-refractivity contribution < 1.29 is 18.4 Å². The Balaban J connectivity index is 1.52. The molecule has 0 spiro atoms. The summed E-state index contributed by atoms with van der Waals surface area (Å²) in [4.78, 5) is 26.2. The Bertz CT molecular complexity index is 852. The summed E-state index contributed by atoms with van der Waals surface area (Å²) in [6.07, 6.45) is 0.992. The third-order valence-electron chi connectivity index (χ3n) is 4.67. The van der Waals surface area contributed by atoms with Gasteiger partial charge in [0.05, 0.1) is 5.56 Å². The monoisotopic (exact) mass is 392 g/mol. The third-order valence-corrected chi connectivity index (χ3v) is 4.91. The van der Waals surface area contributed by atoms with E-state index < -0.39 is 17.5 Å². The van der Waals surface area contributed by atoms with Crippen LogP contribution in [-0.4, -0.2) is 29.8 Å². The summed E-state index contributed by atoms with van der Waals surface area (Å²) in [7, 11) is 0. The largest absolute Gasteiger partial charge is 0.352 e. The van der Waals surface area contributed by atoms with Crippen molar-refractivity contribution in [2.45, 2.75) is 19.4 Å². The van der Waals surface area contributed by atoms with Crippen molar-refractivity contribution in [1.29, 1.82) is 0 Å². The molecule has 27 heavy (non-hydrogen) atoms. The van der Waals surface area contributed by atoms with E-state index in [-0.39, 0.29) is 17.4 Å². The topological polar surface area (TPSA) is 49.4 Å². The van der Waals surface area contributed by atoms with Crippen LogP contribution in [0.1, 0.15) is 28.8 Å². The molecule has 1 fully saturated rings. The lowest BCUT2D eigenvalue weighted by atomic mass is 9.95. The molecule has 0 saturated carbocycles. The van der Waals surface area contributed by atoms with Crippen LogP contribution in [0.5, 0.6) is 0 Å². The van der Waals surface area contributed by atoms with Crippen LogP contribution in [0, 0.1) is 17.6 Å². The normalized spacial score (nSPS) is 14.9. The van der Waals surface area contributed by atoms with Crippen molar-refractivity contribution in [1.82, 2.24) is 10.2 Å². The molecule has 142 valence electrons. The van der Waals surface area contributed by atoms with Gasteiger partial charge in [0.25, 0.3) is 5.91 Å². The molecular weight excluding hydrogens is 374 g/mol. The number of rotatable bonds is 4. The van der Waals surface area contributed by atoms with Crippen molar-refractivity contribution in [2.75, 3.05) is 13.1 Å². The van der Waals surface area contributed by atoms with Gasteiger partial charge in [0.1, 0.15) is 11.6 Å². The van der Waals surface area contributed by atoms with Crippen molar-refractivity contribution in [2.24, 2.45) is 5.92 Å². The van der Waals surface area contributed by atoms with E-state index in [0.717, 1.165) is 17.7 Å². The van der Waals surface area contributed by atoms with E-state index in [1.54, 1.807) is 12.1 Å². The molecule has 2 aromatic carbocycles. The van der Waals surface area contributed by atoms with E-state index in [2.05, 4.69) is 5.32 Å². The van der Waals surface area contributed by atoms with E-state index in [4.69, 9.17) is 11.6 Å². The van der Waals surface area contributed by atoms with Crippen molar-refractivity contribution in [3.63, 3.8) is 0 Å². The molecule has 0 atom stereocenters. The Kier molecular flexibility index (Phi) is 6.06. The number of halogens is 3. The second-order valence-electron chi connectivity index (χ2n) is 6.54. The summed E-state index contributed by atoms with van der Waals surface area (Å²) >= 11 is 5.93. The molecule has 2 amide bonds. The molecule has 0 radical (unpaired) electrons. The zero-order chi connectivity index (χ0) is 19.4. The van der Waals surface area contributed by atoms with Crippen LogP contribution >= 0.6 is 11.6 Å². The summed E-state index contributed by atoms with van der Waals surface area (Å²) in [6.45, 7) is 1.09. The third kappa shape index (κ3) is 4.83. The lowest BCUT2D eigenvalue weighted by molar-refractivity contribution is -0.126. The highest BCUT2D eigenvalue weighted by atomic mass is 35.5. The molecular formula is C20H19ClF2N2O2. The minimum Gasteiger partial charge on any atom is -0.352 e. The van der Waals surface area contributed by atoms with E-state index >= 15 is 0 Å². The van der Waals surface area contributed by atoms with Gasteiger partial charge in [-0.2, -0.15) is 0 Å². The molecule has 0 unspecified atom stereocenters. The zero-order valence-corrected chi connectivity index (χ0v) is 15.3. The van der Waals surface area contributed by atoms with Gasteiger partial charge in [-0.3, -0.25) is 9.59 Å². The Morgan fingerprint density at radius 2 is 1.85 bits per heavy atom. The maximum absolute atomic E-state index is 13.8. The molecule has 1 N–H and O–H groups in total. The number of nitrogens with zero attached hydrogens (tertiary/aromatic N) is 1. The maximum atomic E-state index is 13.8. The van der Waals surface area contributed by atoms with Gasteiger partial charge in [0.2, 0.25) is 5.91 Å². The zero-order valence-electron chi connectivity index (χ0n) is 14.6. The lowest BCUT2D eigenvalue weighted by Crippen LogP contribution is -2.43. The van der Waals surface area contributed by atoms with E-state index in [9.17, 15) is 18.4 Å². The number of amides is 2. The van der Waals surface area contributed by atoms with Crippen molar-refractivity contribution in [3.8, 4) is 0 Å². The highest BCUT2D eigenvalue weighted by molar-refractivity contribution is 6.30. The van der Waals surface area contributed by atoms with Crippen LogP contribution in [-0.2, 0) is 11.3 Å². The number of hydrogen-bond acceptors (Lipinski definition) is 2. The second kappa shape index (κ2) is 8.48. The van der Waals surface area contributed by atoms with Crippen LogP contribution in [0.25, 0.3) is 0 Å². The molecule has 3 rings (SSSR count). The van der Waals surface area contributed by atoms with Crippen LogP contribution in [0.2, 0.25) is 5.02 Å². The predicted octanol–water partition coefficient (Wildman–Crippen LogP) is 3.79. The maximum Gasteiger partial charge on any atom is 0.256 e. The quantitative estimate of drug-likeness (QED) is 0.860. The first-order chi connectivity index (χ1) is 12.9. The molecule has 1 aliphatic heterocycles. The summed E-state index contributed by atoms with van der Waals surface area (Å²) in [5, 5.41) is 3.50. The lowest BCUT2D eigenvalue weighted by Gasteiger charge is -2.31. The molecule has 7 heteroatoms. The molecule has 1 aliphatic rings. The molecule has 1 saturated heterocycles. The number of carbonyl (C=O) groups is 2. The fourth-order valence-electron chi connectivity index (χ4n) is 3.16. The van der Waals surface area contributed by atoms with E-state index in [1.807, 2.05) is 12.1 Å². The molecule has 4 nitrogen and oxygen atoms in total. The first-order valence-electron chi connectivity index (χ1n) is 8.70. The molecule has 1 heterocycles. The summed E-state index contributed by atoms with van der Waals surface area (Å²) in [5.74, 6) is -2.35. The SMILES string of the molecule is O=C(NCc1cccc(Cl)c1)C1CCN(C(=O)c2ccc(F)cc2F)CC1. The average Bonchev–Trinajstić information content (AvgIpc) is 2.66. The van der Waals surface area contributed by atoms with Crippen molar-refractivity contribution in [3.05, 3.63) is 70.2 Å². The van der Waals surface area contributed by atoms with Gasteiger partial charge in [-0.25, -0.2) is 8.78 Å². The number of piperidine rings is 1. The standard InChI is InChI=1S/C20H19ClF2N2O2/c21-15-3-1-2-13(10-15)12-24-19(26)14-6-8-25(9-7-14)20(27)17-5-4-16(22)11-18(17)23/h1-5,10-11,14H,6-9,12H2,(H,24,26). The Morgan fingerprint density at radius 1 is 1.11 bits per heavy atom. The minimum absolute atomic E-state index is 0.0740. The first kappa shape index (κ1) is 19.3. The molecule has 2 aromatic rings. The number of hydrogen-bond donors (Lipinski definition) is 1. The van der Waals surface area contributed by atoms with Gasteiger partial charge in [-0.1, -0.05) is 23.7 Å². The van der Waals surface area contributed by atoms with Crippen LogP contribution in [0.15, 0.2) is 42.5 Å². The minimum atomic E-state index is -0.874. The Hall–Kier alpha value is -2.47. The smallest absolute Gasteiger partial charge is 0.256 e. The van der Waals surface area contributed by atoms with Gasteiger partial charge < -0.3 is 10.2 Å². The summed E-state index contributed by atoms with van der Waals surface area (Å²) < 4.78 is 26.8. The van der Waals surface area contributed by atoms with Crippen LogP contribution in [0.4, 0.5) is 8.78 Å². The number of likely N-dealkylation sites (tertiary alicyclic amines) is 1. The Morgan fingerprint density at radius 3 is 2.52 bits per heavy atom. The molecule has 0 aliphatic carbocycles. The fourth-order valence-corrected chi connectivity index (χ4v) is 3.37. The predicted molar refractivity (Wildman–Crippen MR) is 98.3 cm³/mol. The Labute approximate surface area is 161 Å². The highest BCUT2D eigenvalue weighted by Crippen LogP contribution is 2.21. The van der Waals surface area contributed by atoms with Gasteiger partial charge in [0, 0.05) is 36.6 Å². The van der Waals surface area contributed by atoms with Gasteiger partial charge in [-0.05, 0) is 42.7 Å². The summed E-state index contributed by atoms with van der Waals surface area (Å²) in [6, 6.07) is 10.2. The van der Waals surface area contributed by atoms with E-state index in [0.29, 0.717) is 43.6 Å². The summed E-state index contributed by atoms with van der Waals surface area (Å²) in [5.41, 5.74) is 0.760. The number of carbonyl (C=O) groups excluding carboxylic acids is 2. The fraction of sp³-hybridized carbons (Fsp3) is 0.300. The van der Waals surface area contributed by atoms with Crippen LogP contribution < -0.4 is 5.32 Å². The van der Waals surface area contributed by atoms with Gasteiger partial charge in [0.15, 0.2) is 0 Å². The average molecular weight is 393 g/mol.